The Kier molecular flexibility index (Phi) is 5.82. The minimum Gasteiger partial charge on any atom is -0.507 e. The van der Waals surface area contributed by atoms with Crippen molar-refractivity contribution in [2.24, 2.45) is 0 Å². The van der Waals surface area contributed by atoms with Gasteiger partial charge in [0.2, 0.25) is 0 Å². The van der Waals surface area contributed by atoms with E-state index in [1.54, 1.807) is 43.3 Å². The van der Waals surface area contributed by atoms with Gasteiger partial charge in [0.15, 0.2) is 0 Å². The van der Waals surface area contributed by atoms with Gasteiger partial charge >= 0.3 is 5.97 Å². The summed E-state index contributed by atoms with van der Waals surface area (Å²) in [5.41, 5.74) is 2.42. The van der Waals surface area contributed by atoms with Gasteiger partial charge in [0.05, 0.1) is 13.5 Å². The van der Waals surface area contributed by atoms with Crippen molar-refractivity contribution in [3.63, 3.8) is 0 Å². The average molecular weight is 348 g/mol. The molecule has 0 atom stereocenters. The van der Waals surface area contributed by atoms with Gasteiger partial charge in [0.1, 0.15) is 5.75 Å². The van der Waals surface area contributed by atoms with Crippen LogP contribution in [0.15, 0.2) is 36.4 Å². The van der Waals surface area contributed by atoms with Crippen LogP contribution in [0.5, 0.6) is 5.75 Å². The highest BCUT2D eigenvalue weighted by atomic mass is 35.5. The fourth-order valence-electron chi connectivity index (χ4n) is 2.21. The van der Waals surface area contributed by atoms with Crippen LogP contribution < -0.4 is 5.32 Å². The molecule has 5 nitrogen and oxygen atoms in total. The minimum absolute atomic E-state index is 0.0974. The van der Waals surface area contributed by atoms with Gasteiger partial charge < -0.3 is 15.2 Å². The maximum absolute atomic E-state index is 12.2. The molecule has 6 heteroatoms. The summed E-state index contributed by atoms with van der Waals surface area (Å²) < 4.78 is 4.52. The Morgan fingerprint density at radius 3 is 2.71 bits per heavy atom. The number of carbonyl (C=O) groups is 2. The maximum Gasteiger partial charge on any atom is 0.307 e. The highest BCUT2D eigenvalue weighted by Crippen LogP contribution is 2.34. The third-order valence-electron chi connectivity index (χ3n) is 3.56. The van der Waals surface area contributed by atoms with Crippen LogP contribution in [0.25, 0.3) is 11.1 Å². The highest BCUT2D eigenvalue weighted by molar-refractivity contribution is 6.31. The maximum atomic E-state index is 12.2. The minimum atomic E-state index is -0.386. The lowest BCUT2D eigenvalue weighted by atomic mass is 10.0. The first-order valence-electron chi connectivity index (χ1n) is 7.37. The van der Waals surface area contributed by atoms with E-state index in [-0.39, 0.29) is 30.6 Å². The summed E-state index contributed by atoms with van der Waals surface area (Å²) in [6.45, 7) is 1.99. The third-order valence-corrected chi connectivity index (χ3v) is 3.96. The van der Waals surface area contributed by atoms with E-state index in [1.165, 1.54) is 7.11 Å². The smallest absolute Gasteiger partial charge is 0.307 e. The predicted molar refractivity (Wildman–Crippen MR) is 92.3 cm³/mol. The summed E-state index contributed by atoms with van der Waals surface area (Å²) in [6.07, 6.45) is 0.107. The van der Waals surface area contributed by atoms with E-state index in [0.717, 1.165) is 5.56 Å². The van der Waals surface area contributed by atoms with Crippen molar-refractivity contribution >= 4 is 23.5 Å². The number of phenolic OH excluding ortho intramolecular Hbond substituents is 1. The molecule has 0 fully saturated rings. The molecule has 0 aliphatic carbocycles. The van der Waals surface area contributed by atoms with E-state index >= 15 is 0 Å². The molecule has 0 aliphatic heterocycles. The Labute approximate surface area is 145 Å². The molecular weight excluding hydrogens is 330 g/mol. The molecule has 2 N–H and O–H groups in total. The van der Waals surface area contributed by atoms with Crippen LogP contribution in [0.3, 0.4) is 0 Å². The van der Waals surface area contributed by atoms with E-state index < -0.39 is 0 Å². The molecule has 2 aromatic carbocycles. The largest absolute Gasteiger partial charge is 0.507 e. The van der Waals surface area contributed by atoms with Crippen LogP contribution in [0.2, 0.25) is 5.02 Å². The number of carbonyl (C=O) groups excluding carboxylic acids is 2. The van der Waals surface area contributed by atoms with Gasteiger partial charge in [-0.25, -0.2) is 0 Å². The van der Waals surface area contributed by atoms with Crippen LogP contribution in [0.4, 0.5) is 0 Å². The number of rotatable bonds is 5. The lowest BCUT2D eigenvalue weighted by molar-refractivity contribution is -0.140. The summed E-state index contributed by atoms with van der Waals surface area (Å²) in [7, 11) is 1.30. The monoisotopic (exact) mass is 347 g/mol. The standard InChI is InChI=1S/C18H18ClNO4/c1-11-8-16(21)14(10-15(11)19)12-4-3-5-13(9-12)18(23)20-7-6-17(22)24-2/h3-5,8-10,21H,6-7H2,1-2H3,(H,20,23). The van der Waals surface area contributed by atoms with E-state index in [1.807, 2.05) is 0 Å². The SMILES string of the molecule is COC(=O)CCNC(=O)c1cccc(-c2cc(Cl)c(C)cc2O)c1. The van der Waals surface area contributed by atoms with E-state index in [0.29, 0.717) is 21.7 Å². The second-order valence-corrected chi connectivity index (χ2v) is 5.69. The molecule has 0 saturated heterocycles. The molecule has 0 aromatic heterocycles. The number of nitrogens with one attached hydrogen (secondary N) is 1. The molecule has 0 spiro atoms. The number of ether oxygens (including phenoxy) is 1. The number of benzene rings is 2. The quantitative estimate of drug-likeness (QED) is 0.813. The highest BCUT2D eigenvalue weighted by Gasteiger charge is 2.11. The number of hydrogen-bond acceptors (Lipinski definition) is 4. The van der Waals surface area contributed by atoms with E-state index in [4.69, 9.17) is 11.6 Å². The predicted octanol–water partition coefficient (Wildman–Crippen LogP) is 3.31. The van der Waals surface area contributed by atoms with Crippen LogP contribution in [-0.2, 0) is 9.53 Å². The fourth-order valence-corrected chi connectivity index (χ4v) is 2.37. The van der Waals surface area contributed by atoms with Crippen molar-refractivity contribution in [2.75, 3.05) is 13.7 Å². The molecule has 2 aromatic rings. The number of amides is 1. The lowest BCUT2D eigenvalue weighted by Crippen LogP contribution is -2.26. The number of phenols is 1. The molecule has 0 heterocycles. The second kappa shape index (κ2) is 7.84. The normalized spacial score (nSPS) is 10.3. The summed E-state index contributed by atoms with van der Waals surface area (Å²) in [4.78, 5) is 23.2. The molecule has 1 amide bonds. The van der Waals surface area contributed by atoms with Crippen molar-refractivity contribution < 1.29 is 19.4 Å². The Morgan fingerprint density at radius 1 is 1.25 bits per heavy atom. The lowest BCUT2D eigenvalue weighted by Gasteiger charge is -2.10. The molecule has 126 valence electrons. The van der Waals surface area contributed by atoms with Crippen molar-refractivity contribution in [3.05, 3.63) is 52.5 Å². The summed E-state index contributed by atoms with van der Waals surface area (Å²) in [6, 6.07) is 10.1. The number of aromatic hydroxyl groups is 1. The van der Waals surface area contributed by atoms with Crippen LogP contribution in [0, 0.1) is 6.92 Å². The zero-order chi connectivity index (χ0) is 17.7. The van der Waals surface area contributed by atoms with Crippen molar-refractivity contribution in [1.29, 1.82) is 0 Å². The fraction of sp³-hybridized carbons (Fsp3) is 0.222. The molecule has 2 rings (SSSR count). The second-order valence-electron chi connectivity index (χ2n) is 5.28. The van der Waals surface area contributed by atoms with Gasteiger partial charge in [-0.1, -0.05) is 23.7 Å². The van der Waals surface area contributed by atoms with Crippen LogP contribution >= 0.6 is 11.6 Å². The zero-order valence-corrected chi connectivity index (χ0v) is 14.2. The molecule has 0 unspecified atom stereocenters. The van der Waals surface area contributed by atoms with Gasteiger partial charge in [-0.15, -0.1) is 0 Å². The first-order chi connectivity index (χ1) is 11.4. The first kappa shape index (κ1) is 17.8. The molecular formula is C18H18ClNO4. The first-order valence-corrected chi connectivity index (χ1v) is 7.74. The molecule has 0 radical (unpaired) electrons. The van der Waals surface area contributed by atoms with Gasteiger partial charge in [-0.2, -0.15) is 0 Å². The van der Waals surface area contributed by atoms with Crippen molar-refractivity contribution in [1.82, 2.24) is 5.32 Å². The molecule has 0 bridgehead atoms. The topological polar surface area (TPSA) is 75.6 Å². The van der Waals surface area contributed by atoms with Crippen molar-refractivity contribution in [3.8, 4) is 16.9 Å². The number of methoxy groups -OCH3 is 1. The number of esters is 1. The van der Waals surface area contributed by atoms with E-state index in [2.05, 4.69) is 10.1 Å². The van der Waals surface area contributed by atoms with Gasteiger partial charge in [-0.3, -0.25) is 9.59 Å². The van der Waals surface area contributed by atoms with Crippen molar-refractivity contribution in [2.45, 2.75) is 13.3 Å². The Morgan fingerprint density at radius 2 is 2.00 bits per heavy atom. The Bertz CT molecular complexity index is 774. The third kappa shape index (κ3) is 4.26. The van der Waals surface area contributed by atoms with E-state index in [9.17, 15) is 14.7 Å². The molecule has 0 saturated carbocycles. The Hall–Kier alpha value is -2.53. The summed E-state index contributed by atoms with van der Waals surface area (Å²) >= 11 is 6.12. The molecule has 24 heavy (non-hydrogen) atoms. The van der Waals surface area contributed by atoms with Gasteiger partial charge in [0, 0.05) is 22.7 Å². The van der Waals surface area contributed by atoms with Crippen LogP contribution in [0.1, 0.15) is 22.3 Å². The number of hydrogen-bond donors (Lipinski definition) is 2. The van der Waals surface area contributed by atoms with Gasteiger partial charge in [-0.05, 0) is 42.3 Å². The summed E-state index contributed by atoms with van der Waals surface area (Å²) in [5, 5.41) is 13.3. The number of aryl methyl sites for hydroxylation is 1. The van der Waals surface area contributed by atoms with Crippen LogP contribution in [-0.4, -0.2) is 30.6 Å². The average Bonchev–Trinajstić information content (AvgIpc) is 2.58. The number of halogens is 1. The summed E-state index contributed by atoms with van der Waals surface area (Å²) in [5.74, 6) is -0.595. The Balaban J connectivity index is 2.18. The zero-order valence-electron chi connectivity index (χ0n) is 13.4. The van der Waals surface area contributed by atoms with Gasteiger partial charge in [0.25, 0.3) is 5.91 Å². The molecule has 0 aliphatic rings.